The van der Waals surface area contributed by atoms with Gasteiger partial charge in [0.25, 0.3) is 5.91 Å². The molecule has 2 aromatic rings. The van der Waals surface area contributed by atoms with E-state index in [1.54, 1.807) is 32.9 Å². The van der Waals surface area contributed by atoms with Gasteiger partial charge in [-0.15, -0.1) is 4.36 Å². The average Bonchev–Trinajstić information content (AvgIpc) is 2.66. The largest absolute Gasteiger partial charge is 0.480 e. The Balaban J connectivity index is 2.55. The van der Waals surface area contributed by atoms with E-state index in [0.29, 0.717) is 5.56 Å². The molecule has 0 atom stereocenters. The van der Waals surface area contributed by atoms with E-state index in [4.69, 9.17) is 9.84 Å². The highest BCUT2D eigenvalue weighted by molar-refractivity contribution is 7.61. The molecule has 0 unspecified atom stereocenters. The molecule has 0 radical (unpaired) electrons. The van der Waals surface area contributed by atoms with E-state index in [2.05, 4.69) is 4.36 Å². The number of rotatable bonds is 6. The first-order chi connectivity index (χ1) is 14.4. The third kappa shape index (κ3) is 6.22. The van der Waals surface area contributed by atoms with Crippen LogP contribution in [0.1, 0.15) is 31.1 Å². The van der Waals surface area contributed by atoms with Crippen molar-refractivity contribution in [3.63, 3.8) is 0 Å². The first-order valence-corrected chi connectivity index (χ1v) is 10.2. The number of nitrogens with zero attached hydrogens (tertiary/aromatic N) is 2. The lowest BCUT2D eigenvalue weighted by molar-refractivity contribution is -0.143. The number of carbonyl (C=O) groups is 3. The lowest BCUT2D eigenvalue weighted by Crippen LogP contribution is -2.32. The molecule has 9 nitrogen and oxygen atoms in total. The smallest absolute Gasteiger partial charge is 0.323 e. The Labute approximate surface area is 181 Å². The van der Waals surface area contributed by atoms with Crippen LogP contribution in [0.15, 0.2) is 46.8 Å². The zero-order valence-electron chi connectivity index (χ0n) is 17.4. The maximum atomic E-state index is 12.8. The van der Waals surface area contributed by atoms with Crippen molar-refractivity contribution >= 4 is 34.0 Å². The summed E-state index contributed by atoms with van der Waals surface area (Å²) in [5, 5.41) is 8.96. The molecule has 0 bridgehead atoms. The molecular formula is C21H22N2O7S. The van der Waals surface area contributed by atoms with Gasteiger partial charge in [0.1, 0.15) is 12.3 Å². The molecular weight excluding hydrogens is 424 g/mol. The highest BCUT2D eigenvalue weighted by Gasteiger charge is 2.24. The quantitative estimate of drug-likeness (QED) is 0.533. The zero-order valence-corrected chi connectivity index (χ0v) is 18.3. The zero-order chi connectivity index (χ0) is 23.3. The second-order valence-electron chi connectivity index (χ2n) is 7.73. The molecule has 0 aliphatic heterocycles. The summed E-state index contributed by atoms with van der Waals surface area (Å²) >= 11 is 0. The molecule has 0 saturated heterocycles. The number of hydrogen-bond acceptors (Lipinski definition) is 7. The lowest BCUT2D eigenvalue weighted by Gasteiger charge is -2.19. The van der Waals surface area contributed by atoms with Crippen LogP contribution in [0.25, 0.3) is 11.1 Å². The fraction of sp³-hybridized carbons (Fsp3) is 0.286. The normalized spacial score (nSPS) is 10.8. The number of benzene rings is 2. The third-order valence-corrected chi connectivity index (χ3v) is 4.48. The van der Waals surface area contributed by atoms with Gasteiger partial charge in [-0.2, -0.15) is 8.42 Å². The van der Waals surface area contributed by atoms with E-state index >= 15 is 0 Å². The molecule has 0 aliphatic carbocycles. The molecule has 0 saturated carbocycles. The minimum Gasteiger partial charge on any atom is -0.480 e. The standard InChI is InChI=1S/C21H22N2O7S/c1-21(2,3)20(27)30-14-10-8-13(9-11-14)18-15(19(26)23(4)12-17(24)25)6-5-7-16(18)22-31(28)29/h5-11H,12H2,1-4H3,(H,24,25). The molecule has 31 heavy (non-hydrogen) atoms. The summed E-state index contributed by atoms with van der Waals surface area (Å²) in [6, 6.07) is 10.5. The number of ether oxygens (including phenoxy) is 1. The van der Waals surface area contributed by atoms with E-state index < -0.39 is 40.3 Å². The van der Waals surface area contributed by atoms with E-state index in [1.807, 2.05) is 0 Å². The molecule has 0 spiro atoms. The summed E-state index contributed by atoms with van der Waals surface area (Å²) in [5.41, 5.74) is 0.0451. The van der Waals surface area contributed by atoms with E-state index in [9.17, 15) is 22.8 Å². The second-order valence-corrected chi connectivity index (χ2v) is 8.34. The highest BCUT2D eigenvalue weighted by Crippen LogP contribution is 2.35. The summed E-state index contributed by atoms with van der Waals surface area (Å²) in [5.74, 6) is -1.96. The Hall–Kier alpha value is -3.53. The molecule has 2 rings (SSSR count). The lowest BCUT2D eigenvalue weighted by atomic mass is 9.96. The fourth-order valence-corrected chi connectivity index (χ4v) is 2.92. The first-order valence-electron chi connectivity index (χ1n) is 9.14. The maximum Gasteiger partial charge on any atom is 0.323 e. The molecule has 0 heterocycles. The van der Waals surface area contributed by atoms with Crippen LogP contribution in [0.3, 0.4) is 0 Å². The van der Waals surface area contributed by atoms with E-state index in [1.165, 1.54) is 37.4 Å². The average molecular weight is 446 g/mol. The van der Waals surface area contributed by atoms with Gasteiger partial charge in [-0.05, 0) is 50.6 Å². The van der Waals surface area contributed by atoms with Gasteiger partial charge in [0.2, 0.25) is 0 Å². The van der Waals surface area contributed by atoms with Crippen LogP contribution in [-0.4, -0.2) is 49.9 Å². The number of carbonyl (C=O) groups excluding carboxylic acids is 2. The van der Waals surface area contributed by atoms with Crippen LogP contribution >= 0.6 is 0 Å². The predicted molar refractivity (Wildman–Crippen MR) is 113 cm³/mol. The van der Waals surface area contributed by atoms with Gasteiger partial charge in [-0.1, -0.05) is 18.2 Å². The number of carboxylic acid groups (broad SMARTS) is 1. The van der Waals surface area contributed by atoms with Crippen molar-refractivity contribution in [2.75, 3.05) is 13.6 Å². The molecule has 1 N–H and O–H groups in total. The molecule has 10 heteroatoms. The summed E-state index contributed by atoms with van der Waals surface area (Å²) < 4.78 is 31.2. The SMILES string of the molecule is CN(CC(=O)O)C(=O)c1cccc(N=S(=O)=O)c1-c1ccc(OC(=O)C(C)(C)C)cc1. The van der Waals surface area contributed by atoms with Gasteiger partial charge in [0, 0.05) is 18.2 Å². The molecule has 164 valence electrons. The summed E-state index contributed by atoms with van der Waals surface area (Å²) in [4.78, 5) is 36.9. The van der Waals surface area contributed by atoms with Crippen LogP contribution in [0, 0.1) is 5.41 Å². The summed E-state index contributed by atoms with van der Waals surface area (Å²) in [6.45, 7) is 4.62. The number of aliphatic carboxylic acids is 1. The number of likely N-dealkylation sites (N-methyl/N-ethyl adjacent to an activating group) is 1. The Bertz CT molecular complexity index is 1140. The Morgan fingerprint density at radius 3 is 2.19 bits per heavy atom. The summed E-state index contributed by atoms with van der Waals surface area (Å²) in [6.07, 6.45) is 0. The maximum absolute atomic E-state index is 12.8. The molecule has 0 aliphatic rings. The van der Waals surface area contributed by atoms with Crippen LogP contribution in [0.4, 0.5) is 5.69 Å². The van der Waals surface area contributed by atoms with Crippen LogP contribution in [0.2, 0.25) is 0 Å². The van der Waals surface area contributed by atoms with Crippen molar-refractivity contribution in [3.05, 3.63) is 48.0 Å². The summed E-state index contributed by atoms with van der Waals surface area (Å²) in [7, 11) is -1.45. The minimum absolute atomic E-state index is 0.0161. The molecule has 0 fully saturated rings. The molecule has 1 amide bonds. The number of amides is 1. The van der Waals surface area contributed by atoms with Crippen LogP contribution in [-0.2, 0) is 20.1 Å². The predicted octanol–water partition coefficient (Wildman–Crippen LogP) is 3.16. The van der Waals surface area contributed by atoms with Crippen molar-refractivity contribution < 1.29 is 32.6 Å². The Morgan fingerprint density at radius 2 is 1.68 bits per heavy atom. The Morgan fingerprint density at radius 1 is 1.06 bits per heavy atom. The third-order valence-electron chi connectivity index (χ3n) is 4.13. The van der Waals surface area contributed by atoms with Crippen molar-refractivity contribution in [2.45, 2.75) is 20.8 Å². The van der Waals surface area contributed by atoms with Crippen LogP contribution < -0.4 is 4.74 Å². The van der Waals surface area contributed by atoms with Gasteiger partial charge >= 0.3 is 22.4 Å². The number of esters is 1. The van der Waals surface area contributed by atoms with Crippen molar-refractivity contribution in [3.8, 4) is 16.9 Å². The van der Waals surface area contributed by atoms with Gasteiger partial charge in [0.05, 0.1) is 11.1 Å². The Kier molecular flexibility index (Phi) is 7.29. The van der Waals surface area contributed by atoms with Gasteiger partial charge in [-0.3, -0.25) is 14.4 Å². The van der Waals surface area contributed by atoms with Gasteiger partial charge in [0.15, 0.2) is 0 Å². The fourth-order valence-electron chi connectivity index (χ4n) is 2.61. The highest BCUT2D eigenvalue weighted by atomic mass is 32.2. The van der Waals surface area contributed by atoms with E-state index in [0.717, 1.165) is 4.90 Å². The second kappa shape index (κ2) is 9.52. The number of carboxylic acids is 1. The topological polar surface area (TPSA) is 130 Å². The molecule has 0 aromatic heterocycles. The molecule has 2 aromatic carbocycles. The van der Waals surface area contributed by atoms with Crippen molar-refractivity contribution in [2.24, 2.45) is 9.78 Å². The minimum atomic E-state index is -2.78. The van der Waals surface area contributed by atoms with Crippen LogP contribution in [0.5, 0.6) is 5.75 Å². The van der Waals surface area contributed by atoms with Gasteiger partial charge < -0.3 is 14.7 Å². The van der Waals surface area contributed by atoms with E-state index in [-0.39, 0.29) is 22.6 Å². The first kappa shape index (κ1) is 23.7. The van der Waals surface area contributed by atoms with Gasteiger partial charge in [-0.25, -0.2) is 0 Å². The monoisotopic (exact) mass is 446 g/mol. The van der Waals surface area contributed by atoms with Crippen molar-refractivity contribution in [1.82, 2.24) is 4.90 Å². The van der Waals surface area contributed by atoms with Crippen molar-refractivity contribution in [1.29, 1.82) is 0 Å². The number of hydrogen-bond donors (Lipinski definition) is 1.